The van der Waals surface area contributed by atoms with Crippen LogP contribution in [0.25, 0.3) is 11.1 Å². The molecule has 1 aliphatic rings. The molecule has 1 aliphatic heterocycles. The van der Waals surface area contributed by atoms with E-state index in [1.807, 2.05) is 33.8 Å². The molecular weight excluding hydrogens is 941 g/mol. The summed E-state index contributed by atoms with van der Waals surface area (Å²) in [5.41, 5.74) is 6.74. The van der Waals surface area contributed by atoms with Gasteiger partial charge in [0.25, 0.3) is 0 Å². The number of phosphoric ester groups is 1. The SMILES string of the molecule is Cc1cc(C)c(-c2cc(C)c(OP(=O)(O)OCCCC(C(=O)O)N3CCN(CC(=O)O)CCN(C(C(=O)O)C(O)C(=O)O)CCN(CC(=O)O)CC3)cc2C)c(C)c1.[Gd+3]. The molecule has 21 heteroatoms. The summed E-state index contributed by atoms with van der Waals surface area (Å²) in [7, 11) is -4.67. The zero-order chi connectivity index (χ0) is 43.5. The van der Waals surface area contributed by atoms with Crippen molar-refractivity contribution < 1.29 is 113 Å². The van der Waals surface area contributed by atoms with Crippen LogP contribution in [0.3, 0.4) is 0 Å². The molecule has 4 unspecified atom stereocenters. The molecule has 1 radical (unpaired) electrons. The van der Waals surface area contributed by atoms with Crippen LogP contribution in [0.4, 0.5) is 0 Å². The Kier molecular flexibility index (Phi) is 20.9. The predicted octanol–water partition coefficient (Wildman–Crippen LogP) is 1.91. The van der Waals surface area contributed by atoms with Crippen molar-refractivity contribution in [2.24, 2.45) is 0 Å². The molecule has 7 N–H and O–H groups in total. The average molecular weight is 996 g/mol. The molecule has 2 aromatic carbocycles. The summed E-state index contributed by atoms with van der Waals surface area (Å²) in [6.07, 6.45) is -2.44. The Morgan fingerprint density at radius 3 is 1.61 bits per heavy atom. The number of phosphoric acid groups is 1. The van der Waals surface area contributed by atoms with E-state index in [4.69, 9.17) is 9.05 Å². The van der Waals surface area contributed by atoms with Crippen molar-refractivity contribution in [2.75, 3.05) is 72.1 Å². The zero-order valence-corrected chi connectivity index (χ0v) is 36.9. The Hall–Kier alpha value is -3.14. The number of hydrogen-bond acceptors (Lipinski definition) is 13. The predicted molar refractivity (Wildman–Crippen MR) is 209 cm³/mol. The Balaban J connectivity index is 0.0000120. The Labute approximate surface area is 374 Å². The first-order chi connectivity index (χ1) is 27.1. The number of hydrogen-bond donors (Lipinski definition) is 7. The fourth-order valence-electron chi connectivity index (χ4n) is 7.27. The van der Waals surface area contributed by atoms with Gasteiger partial charge in [0, 0.05) is 52.4 Å². The van der Waals surface area contributed by atoms with Crippen molar-refractivity contribution in [3.05, 3.63) is 52.1 Å². The van der Waals surface area contributed by atoms with E-state index in [0.717, 1.165) is 38.3 Å². The fourth-order valence-corrected chi connectivity index (χ4v) is 8.13. The van der Waals surface area contributed by atoms with Crippen molar-refractivity contribution in [1.29, 1.82) is 0 Å². The Morgan fingerprint density at radius 2 is 1.17 bits per heavy atom. The summed E-state index contributed by atoms with van der Waals surface area (Å²) in [5.74, 6) is -7.03. The second-order valence-corrected chi connectivity index (χ2v) is 16.0. The van der Waals surface area contributed by atoms with E-state index in [-0.39, 0.29) is 117 Å². The first-order valence-electron chi connectivity index (χ1n) is 18.7. The summed E-state index contributed by atoms with van der Waals surface area (Å²) in [6.45, 7) is 7.39. The molecule has 0 spiro atoms. The second-order valence-electron chi connectivity index (χ2n) is 14.6. The maximum Gasteiger partial charge on any atom is 3.00 e. The smallest absolute Gasteiger partial charge is 0.480 e. The van der Waals surface area contributed by atoms with Gasteiger partial charge in [-0.3, -0.25) is 48.2 Å². The van der Waals surface area contributed by atoms with Crippen LogP contribution in [-0.2, 0) is 33.1 Å². The molecule has 4 atom stereocenters. The van der Waals surface area contributed by atoms with Crippen LogP contribution in [0.15, 0.2) is 24.3 Å². The molecule has 1 fully saturated rings. The van der Waals surface area contributed by atoms with E-state index in [2.05, 4.69) is 12.1 Å². The number of aryl methyl sites for hydroxylation is 5. The van der Waals surface area contributed by atoms with Crippen LogP contribution in [-0.4, -0.2) is 175 Å². The summed E-state index contributed by atoms with van der Waals surface area (Å²) < 4.78 is 23.8. The van der Waals surface area contributed by atoms with E-state index in [1.165, 1.54) is 14.7 Å². The molecular formula is C38H55GdN4O15P+3. The van der Waals surface area contributed by atoms with Gasteiger partial charge in [-0.1, -0.05) is 17.7 Å². The van der Waals surface area contributed by atoms with E-state index in [1.54, 1.807) is 13.0 Å². The van der Waals surface area contributed by atoms with Gasteiger partial charge in [0.05, 0.1) is 19.7 Å². The molecule has 59 heavy (non-hydrogen) atoms. The second kappa shape index (κ2) is 23.8. The summed E-state index contributed by atoms with van der Waals surface area (Å²) in [4.78, 5) is 75.9. The third-order valence-corrected chi connectivity index (χ3v) is 11.0. The fraction of sp³-hybridized carbons (Fsp3) is 0.553. The number of carboxylic acid groups (broad SMARTS) is 5. The van der Waals surface area contributed by atoms with Crippen molar-refractivity contribution >= 4 is 37.7 Å². The number of nitrogens with zero attached hydrogens (tertiary/aromatic N) is 4. The van der Waals surface area contributed by atoms with Crippen molar-refractivity contribution in [3.63, 3.8) is 0 Å². The maximum atomic E-state index is 13.1. The number of aliphatic carboxylic acids is 5. The van der Waals surface area contributed by atoms with E-state index in [0.29, 0.717) is 5.56 Å². The van der Waals surface area contributed by atoms with Crippen LogP contribution in [0.1, 0.15) is 40.7 Å². The minimum absolute atomic E-state index is 0. The van der Waals surface area contributed by atoms with Crippen molar-refractivity contribution in [2.45, 2.75) is 65.6 Å². The first kappa shape index (κ1) is 52.0. The van der Waals surface area contributed by atoms with Gasteiger partial charge in [0.15, 0.2) is 6.10 Å². The number of carbonyl (C=O) groups is 5. The van der Waals surface area contributed by atoms with Crippen molar-refractivity contribution in [1.82, 2.24) is 19.6 Å². The summed E-state index contributed by atoms with van der Waals surface area (Å²) in [5, 5.41) is 58.8. The van der Waals surface area contributed by atoms with E-state index < -0.39 is 68.9 Å². The molecule has 19 nitrogen and oxygen atoms in total. The topological polar surface area (TPSA) is 275 Å². The summed E-state index contributed by atoms with van der Waals surface area (Å²) >= 11 is 0. The monoisotopic (exact) mass is 996 g/mol. The third-order valence-electron chi connectivity index (χ3n) is 10.0. The minimum atomic E-state index is -4.67. The van der Waals surface area contributed by atoms with Crippen LogP contribution in [0.5, 0.6) is 5.75 Å². The van der Waals surface area contributed by atoms with Gasteiger partial charge in [0.2, 0.25) is 0 Å². The minimum Gasteiger partial charge on any atom is -0.480 e. The van der Waals surface area contributed by atoms with Crippen LogP contribution in [0, 0.1) is 74.6 Å². The van der Waals surface area contributed by atoms with E-state index >= 15 is 0 Å². The molecule has 0 amide bonds. The number of aliphatic hydroxyl groups excluding tert-OH is 1. The van der Waals surface area contributed by atoms with Crippen LogP contribution < -0.4 is 4.52 Å². The van der Waals surface area contributed by atoms with Gasteiger partial charge in [-0.15, -0.1) is 0 Å². The standard InChI is InChI=1S/C38H55N4O15P.Gd/c1-23-17-26(4)33(27(5)18-23)28-19-25(3)30(20-24(28)2)57-58(54,55)56-16-6-7-29(36(48)49)41-12-8-39(21-31(43)44)10-14-42(34(37(50)51)35(47)38(52)53)15-11-40(9-13-41)22-32(45)46;/h17-20,29,34-35,47H,6-16,21-22H2,1-5H3,(H,43,44)(H,45,46)(H,48,49)(H,50,51)(H,52,53)(H,54,55);/q;+3. The van der Waals surface area contributed by atoms with Crippen LogP contribution in [0.2, 0.25) is 0 Å². The molecule has 0 bridgehead atoms. The van der Waals surface area contributed by atoms with Gasteiger partial charge in [-0.05, 0) is 93.0 Å². The number of carboxylic acids is 5. The number of rotatable bonds is 18. The molecule has 1 saturated heterocycles. The molecule has 1 heterocycles. The normalized spacial score (nSPS) is 17.9. The maximum absolute atomic E-state index is 13.1. The van der Waals surface area contributed by atoms with Gasteiger partial charge in [0.1, 0.15) is 17.8 Å². The molecule has 2 aromatic rings. The molecule has 0 aliphatic carbocycles. The van der Waals surface area contributed by atoms with Crippen LogP contribution >= 0.6 is 7.82 Å². The average Bonchev–Trinajstić information content (AvgIpc) is 3.09. The van der Waals surface area contributed by atoms with Gasteiger partial charge >= 0.3 is 77.6 Å². The quantitative estimate of drug-likeness (QED) is 0.0830. The molecule has 327 valence electrons. The van der Waals surface area contributed by atoms with Gasteiger partial charge < -0.3 is 35.2 Å². The van der Waals surface area contributed by atoms with Gasteiger partial charge in [-0.25, -0.2) is 9.36 Å². The molecule has 0 saturated carbocycles. The van der Waals surface area contributed by atoms with Crippen molar-refractivity contribution in [3.8, 4) is 16.9 Å². The number of aliphatic hydroxyl groups is 1. The Morgan fingerprint density at radius 1 is 0.678 bits per heavy atom. The largest absolute Gasteiger partial charge is 3.00 e. The molecule has 3 rings (SSSR count). The van der Waals surface area contributed by atoms with Gasteiger partial charge in [-0.2, -0.15) is 0 Å². The first-order valence-corrected chi connectivity index (χ1v) is 20.2. The Bertz CT molecular complexity index is 1810. The number of benzene rings is 2. The zero-order valence-electron chi connectivity index (χ0n) is 33.7. The van der Waals surface area contributed by atoms with E-state index in [9.17, 15) is 64.1 Å². The third kappa shape index (κ3) is 16.0. The summed E-state index contributed by atoms with van der Waals surface area (Å²) in [6, 6.07) is 4.57. The molecule has 0 aromatic heterocycles.